The second-order valence-electron chi connectivity index (χ2n) is 5.37. The number of carbonyl (C=O) groups excluding carboxylic acids is 2. The van der Waals surface area contributed by atoms with E-state index < -0.39 is 0 Å². The first-order chi connectivity index (χ1) is 10.5. The summed E-state index contributed by atoms with van der Waals surface area (Å²) >= 11 is 0. The van der Waals surface area contributed by atoms with Crippen molar-refractivity contribution < 1.29 is 14.0 Å². The summed E-state index contributed by atoms with van der Waals surface area (Å²) < 4.78 is 5.19. The van der Waals surface area contributed by atoms with Gasteiger partial charge in [-0.2, -0.15) is 0 Å². The van der Waals surface area contributed by atoms with Crippen molar-refractivity contribution in [3.63, 3.8) is 0 Å². The molecule has 3 rings (SSSR count). The van der Waals surface area contributed by atoms with Crippen molar-refractivity contribution in [3.05, 3.63) is 65.3 Å². The maximum atomic E-state index is 12.3. The summed E-state index contributed by atoms with van der Waals surface area (Å²) in [5.74, 6) is -0.114. The summed E-state index contributed by atoms with van der Waals surface area (Å²) in [6.07, 6.45) is 2.84. The smallest absolute Gasteiger partial charge is 0.277 e. The van der Waals surface area contributed by atoms with Crippen LogP contribution in [0.25, 0.3) is 0 Å². The second kappa shape index (κ2) is 5.52. The Morgan fingerprint density at radius 2 is 1.86 bits per heavy atom. The van der Waals surface area contributed by atoms with Crippen LogP contribution in [0.4, 0.5) is 5.69 Å². The van der Waals surface area contributed by atoms with Gasteiger partial charge in [-0.1, -0.05) is 6.07 Å². The zero-order valence-corrected chi connectivity index (χ0v) is 12.4. The summed E-state index contributed by atoms with van der Waals surface area (Å²) in [6.45, 7) is 4.11. The molecule has 22 heavy (non-hydrogen) atoms. The molecule has 2 heterocycles. The van der Waals surface area contributed by atoms with Crippen molar-refractivity contribution in [2.24, 2.45) is 0 Å². The van der Waals surface area contributed by atoms with E-state index in [4.69, 9.17) is 4.42 Å². The standard InChI is InChI=1S/C17H16N2O3/c1-11-6-12(2)8-13(7-11)18-15-9-16(20)19(17(15)21)10-14-4-3-5-22-14/h3-9,18H,10H2,1-2H3. The van der Waals surface area contributed by atoms with E-state index in [-0.39, 0.29) is 24.1 Å². The SMILES string of the molecule is Cc1cc(C)cc(NC2=CC(=O)N(Cc3ccco3)C2=O)c1. The molecule has 1 N–H and O–H groups in total. The van der Waals surface area contributed by atoms with Crippen LogP contribution in [0, 0.1) is 13.8 Å². The molecule has 0 fully saturated rings. The Bertz CT molecular complexity index is 740. The molecule has 0 atom stereocenters. The largest absolute Gasteiger partial charge is 0.467 e. The van der Waals surface area contributed by atoms with E-state index >= 15 is 0 Å². The number of nitrogens with one attached hydrogen (secondary N) is 1. The van der Waals surface area contributed by atoms with Crippen LogP contribution in [0.3, 0.4) is 0 Å². The van der Waals surface area contributed by atoms with Crippen LogP contribution in [0.2, 0.25) is 0 Å². The van der Waals surface area contributed by atoms with Gasteiger partial charge in [-0.3, -0.25) is 14.5 Å². The van der Waals surface area contributed by atoms with Crippen molar-refractivity contribution in [2.75, 3.05) is 5.32 Å². The van der Waals surface area contributed by atoms with Crippen LogP contribution in [0.1, 0.15) is 16.9 Å². The molecule has 1 aliphatic rings. The number of nitrogens with zero attached hydrogens (tertiary/aromatic N) is 1. The van der Waals surface area contributed by atoms with Gasteiger partial charge in [-0.05, 0) is 49.2 Å². The number of aryl methyl sites for hydroxylation is 2. The number of imide groups is 1. The molecular weight excluding hydrogens is 280 g/mol. The molecule has 2 amide bonds. The maximum absolute atomic E-state index is 12.3. The van der Waals surface area contributed by atoms with Crippen molar-refractivity contribution in [2.45, 2.75) is 20.4 Å². The van der Waals surface area contributed by atoms with Crippen molar-refractivity contribution in [1.82, 2.24) is 4.90 Å². The molecule has 0 bridgehead atoms. The van der Waals surface area contributed by atoms with E-state index in [1.807, 2.05) is 32.0 Å². The third-order valence-electron chi connectivity index (χ3n) is 3.40. The first kappa shape index (κ1) is 14.1. The quantitative estimate of drug-likeness (QED) is 0.881. The highest BCUT2D eigenvalue weighted by molar-refractivity contribution is 6.17. The van der Waals surface area contributed by atoms with E-state index in [0.29, 0.717) is 5.76 Å². The topological polar surface area (TPSA) is 62.6 Å². The Balaban J connectivity index is 1.76. The lowest BCUT2D eigenvalue weighted by Gasteiger charge is -2.14. The third kappa shape index (κ3) is 2.79. The zero-order chi connectivity index (χ0) is 15.7. The molecule has 112 valence electrons. The van der Waals surface area contributed by atoms with Gasteiger partial charge < -0.3 is 9.73 Å². The first-order valence-corrected chi connectivity index (χ1v) is 6.98. The fourth-order valence-electron chi connectivity index (χ4n) is 2.51. The molecule has 0 unspecified atom stereocenters. The average Bonchev–Trinajstić information content (AvgIpc) is 3.02. The van der Waals surface area contributed by atoms with Crippen LogP contribution >= 0.6 is 0 Å². The Hall–Kier alpha value is -2.82. The van der Waals surface area contributed by atoms with E-state index in [2.05, 4.69) is 5.32 Å². The summed E-state index contributed by atoms with van der Waals surface area (Å²) in [4.78, 5) is 25.5. The zero-order valence-electron chi connectivity index (χ0n) is 12.4. The number of furan rings is 1. The number of hydrogen-bond acceptors (Lipinski definition) is 4. The number of carbonyl (C=O) groups is 2. The molecule has 0 saturated heterocycles. The molecule has 1 aromatic heterocycles. The minimum Gasteiger partial charge on any atom is -0.467 e. The van der Waals surface area contributed by atoms with Gasteiger partial charge in [0.2, 0.25) is 0 Å². The van der Waals surface area contributed by atoms with E-state index in [0.717, 1.165) is 21.7 Å². The first-order valence-electron chi connectivity index (χ1n) is 6.98. The van der Waals surface area contributed by atoms with Gasteiger partial charge in [-0.25, -0.2) is 0 Å². The van der Waals surface area contributed by atoms with Gasteiger partial charge in [0, 0.05) is 11.8 Å². The predicted molar refractivity (Wildman–Crippen MR) is 81.9 cm³/mol. The molecule has 0 radical (unpaired) electrons. The highest BCUT2D eigenvalue weighted by Gasteiger charge is 2.31. The molecule has 2 aromatic rings. The Morgan fingerprint density at radius 1 is 1.14 bits per heavy atom. The van der Waals surface area contributed by atoms with E-state index in [1.165, 1.54) is 12.3 Å². The third-order valence-corrected chi connectivity index (χ3v) is 3.40. The van der Waals surface area contributed by atoms with Gasteiger partial charge >= 0.3 is 0 Å². The van der Waals surface area contributed by atoms with Gasteiger partial charge in [0.05, 0.1) is 12.8 Å². The molecule has 0 saturated carbocycles. The fourth-order valence-corrected chi connectivity index (χ4v) is 2.51. The number of benzene rings is 1. The number of amides is 2. The van der Waals surface area contributed by atoms with Gasteiger partial charge in [0.15, 0.2) is 0 Å². The minimum atomic E-state index is -0.347. The normalized spacial score (nSPS) is 14.5. The second-order valence-corrected chi connectivity index (χ2v) is 5.37. The lowest BCUT2D eigenvalue weighted by atomic mass is 10.1. The van der Waals surface area contributed by atoms with E-state index in [1.54, 1.807) is 12.1 Å². The lowest BCUT2D eigenvalue weighted by molar-refractivity contribution is -0.138. The Morgan fingerprint density at radius 3 is 2.50 bits per heavy atom. The number of hydrogen-bond donors (Lipinski definition) is 1. The molecule has 1 aliphatic heterocycles. The van der Waals surface area contributed by atoms with Gasteiger partial charge in [0.25, 0.3) is 11.8 Å². The van der Waals surface area contributed by atoms with Crippen molar-refractivity contribution >= 4 is 17.5 Å². The lowest BCUT2D eigenvalue weighted by Crippen LogP contribution is -2.31. The monoisotopic (exact) mass is 296 g/mol. The fraction of sp³-hybridized carbons (Fsp3) is 0.176. The van der Waals surface area contributed by atoms with Crippen molar-refractivity contribution in [1.29, 1.82) is 0 Å². The van der Waals surface area contributed by atoms with E-state index in [9.17, 15) is 9.59 Å². The summed E-state index contributed by atoms with van der Waals surface area (Å²) in [6, 6.07) is 9.37. The Kier molecular flexibility index (Phi) is 3.55. The van der Waals surface area contributed by atoms with Crippen LogP contribution < -0.4 is 5.32 Å². The van der Waals surface area contributed by atoms with Gasteiger partial charge in [-0.15, -0.1) is 0 Å². The molecule has 5 heteroatoms. The van der Waals surface area contributed by atoms with Crippen LogP contribution in [0.15, 0.2) is 52.8 Å². The summed E-state index contributed by atoms with van der Waals surface area (Å²) in [7, 11) is 0. The number of rotatable bonds is 4. The van der Waals surface area contributed by atoms with Gasteiger partial charge in [0.1, 0.15) is 11.5 Å². The molecule has 1 aromatic carbocycles. The maximum Gasteiger partial charge on any atom is 0.277 e. The molecule has 0 aliphatic carbocycles. The van der Waals surface area contributed by atoms with Crippen LogP contribution in [-0.2, 0) is 16.1 Å². The summed E-state index contributed by atoms with van der Waals surface area (Å²) in [5, 5.41) is 3.03. The Labute approximate surface area is 128 Å². The molecule has 0 spiro atoms. The number of anilines is 1. The summed E-state index contributed by atoms with van der Waals surface area (Å²) in [5.41, 5.74) is 3.26. The highest BCUT2D eigenvalue weighted by atomic mass is 16.3. The van der Waals surface area contributed by atoms with Crippen LogP contribution in [-0.4, -0.2) is 16.7 Å². The average molecular weight is 296 g/mol. The molecule has 5 nitrogen and oxygen atoms in total. The predicted octanol–water partition coefficient (Wildman–Crippen LogP) is 2.76. The highest BCUT2D eigenvalue weighted by Crippen LogP contribution is 2.21. The minimum absolute atomic E-state index is 0.138. The van der Waals surface area contributed by atoms with Crippen molar-refractivity contribution in [3.8, 4) is 0 Å². The van der Waals surface area contributed by atoms with Crippen LogP contribution in [0.5, 0.6) is 0 Å². The molecular formula is C17H16N2O3.